The highest BCUT2D eigenvalue weighted by Crippen LogP contribution is 2.29. The second-order valence-electron chi connectivity index (χ2n) is 11.1. The van der Waals surface area contributed by atoms with Gasteiger partial charge in [-0.2, -0.15) is 0 Å². The van der Waals surface area contributed by atoms with Crippen LogP contribution in [0.25, 0.3) is 0 Å². The Morgan fingerprint density at radius 3 is 2.53 bits per heavy atom. The molecule has 36 heavy (non-hydrogen) atoms. The van der Waals surface area contributed by atoms with Crippen LogP contribution in [0.3, 0.4) is 0 Å². The molecule has 2 amide bonds. The zero-order valence-electron chi connectivity index (χ0n) is 21.8. The van der Waals surface area contributed by atoms with Crippen LogP contribution in [-0.2, 0) is 28.9 Å². The van der Waals surface area contributed by atoms with Gasteiger partial charge < -0.3 is 20.0 Å². The molecule has 0 bridgehead atoms. The van der Waals surface area contributed by atoms with Crippen LogP contribution in [-0.4, -0.2) is 79.4 Å². The summed E-state index contributed by atoms with van der Waals surface area (Å²) in [6.45, 7) is 3.90. The Balaban J connectivity index is 1.27. The van der Waals surface area contributed by atoms with Crippen LogP contribution >= 0.6 is 0 Å². The number of aryl methyl sites for hydroxylation is 2. The number of benzene rings is 2. The van der Waals surface area contributed by atoms with E-state index in [4.69, 9.17) is 0 Å². The molecule has 5 rings (SSSR count). The average Bonchev–Trinajstić information content (AvgIpc) is 3.57. The molecule has 192 valence electrons. The second-order valence-corrected chi connectivity index (χ2v) is 11.1. The van der Waals surface area contributed by atoms with Gasteiger partial charge in [-0.15, -0.1) is 0 Å². The van der Waals surface area contributed by atoms with E-state index in [0.717, 1.165) is 57.5 Å². The molecule has 2 aromatic carbocycles. The number of hydrogen-bond acceptors (Lipinski definition) is 4. The van der Waals surface area contributed by atoms with Crippen LogP contribution in [0.1, 0.15) is 36.0 Å². The van der Waals surface area contributed by atoms with E-state index >= 15 is 0 Å². The maximum Gasteiger partial charge on any atom is 0.228 e. The van der Waals surface area contributed by atoms with Crippen molar-refractivity contribution >= 4 is 17.5 Å². The molecular weight excluding hydrogens is 448 g/mol. The molecule has 3 atom stereocenters. The highest BCUT2D eigenvalue weighted by molar-refractivity contribution is 5.93. The SMILES string of the molecule is CN(C)C1CCN(C(=O)[C@H]2C[C@@H](C(=O)Nc3ccc4c(c3)CCC4)CN(CCc3ccccc3)C2)C1. The first-order chi connectivity index (χ1) is 17.5. The lowest BCUT2D eigenvalue weighted by molar-refractivity contribution is -0.138. The monoisotopic (exact) mass is 488 g/mol. The molecule has 2 saturated heterocycles. The Labute approximate surface area is 215 Å². The number of fused-ring (bicyclic) bond motifs is 1. The Bertz CT molecular complexity index is 1070. The number of hydrogen-bond donors (Lipinski definition) is 1. The molecule has 0 aromatic heterocycles. The van der Waals surface area contributed by atoms with Crippen LogP contribution in [0, 0.1) is 11.8 Å². The fourth-order valence-electron chi connectivity index (χ4n) is 6.19. The quantitative estimate of drug-likeness (QED) is 0.649. The van der Waals surface area contributed by atoms with Crippen molar-refractivity contribution in [3.05, 3.63) is 65.2 Å². The third kappa shape index (κ3) is 5.81. The van der Waals surface area contributed by atoms with E-state index in [1.807, 2.05) is 17.0 Å². The molecule has 2 aliphatic heterocycles. The fourth-order valence-corrected chi connectivity index (χ4v) is 6.19. The highest BCUT2D eigenvalue weighted by Gasteiger charge is 2.38. The summed E-state index contributed by atoms with van der Waals surface area (Å²) in [5.41, 5.74) is 4.94. The van der Waals surface area contributed by atoms with E-state index in [9.17, 15) is 9.59 Å². The molecule has 0 spiro atoms. The van der Waals surface area contributed by atoms with Gasteiger partial charge in [0.05, 0.1) is 11.8 Å². The summed E-state index contributed by atoms with van der Waals surface area (Å²) >= 11 is 0. The molecule has 6 nitrogen and oxygen atoms in total. The Hall–Kier alpha value is -2.70. The van der Waals surface area contributed by atoms with Gasteiger partial charge in [0.2, 0.25) is 11.8 Å². The number of nitrogens with zero attached hydrogens (tertiary/aromatic N) is 3. The summed E-state index contributed by atoms with van der Waals surface area (Å²) in [5.74, 6) is -0.0583. The number of carbonyl (C=O) groups excluding carboxylic acids is 2. The molecule has 2 aromatic rings. The van der Waals surface area contributed by atoms with E-state index in [1.165, 1.54) is 23.1 Å². The van der Waals surface area contributed by atoms with Gasteiger partial charge in [0.25, 0.3) is 0 Å². The summed E-state index contributed by atoms with van der Waals surface area (Å²) in [5, 5.41) is 3.19. The lowest BCUT2D eigenvalue weighted by atomic mass is 9.87. The zero-order chi connectivity index (χ0) is 25.1. The van der Waals surface area contributed by atoms with Crippen LogP contribution < -0.4 is 5.32 Å². The summed E-state index contributed by atoms with van der Waals surface area (Å²) < 4.78 is 0. The predicted octanol–water partition coefficient (Wildman–Crippen LogP) is 3.46. The molecule has 3 aliphatic rings. The molecule has 6 heteroatoms. The summed E-state index contributed by atoms with van der Waals surface area (Å²) in [7, 11) is 4.17. The average molecular weight is 489 g/mol. The van der Waals surface area contributed by atoms with E-state index in [2.05, 4.69) is 65.6 Å². The minimum Gasteiger partial charge on any atom is -0.341 e. The van der Waals surface area contributed by atoms with E-state index in [0.29, 0.717) is 19.0 Å². The maximum atomic E-state index is 13.6. The van der Waals surface area contributed by atoms with Gasteiger partial charge in [-0.05, 0) is 81.4 Å². The topological polar surface area (TPSA) is 55.9 Å². The van der Waals surface area contributed by atoms with Crippen molar-refractivity contribution in [1.82, 2.24) is 14.7 Å². The first-order valence-electron chi connectivity index (χ1n) is 13.6. The van der Waals surface area contributed by atoms with E-state index < -0.39 is 0 Å². The van der Waals surface area contributed by atoms with Crippen LogP contribution in [0.2, 0.25) is 0 Å². The van der Waals surface area contributed by atoms with Gasteiger partial charge in [-0.3, -0.25) is 9.59 Å². The Kier molecular flexibility index (Phi) is 7.73. The molecule has 2 heterocycles. The molecule has 1 unspecified atom stereocenters. The standard InChI is InChI=1S/C30H40N4O2/c1-32(2)28-14-16-34(21-28)30(36)26-17-25(19-33(20-26)15-13-22-7-4-3-5-8-22)29(35)31-27-12-11-23-9-6-10-24(23)18-27/h3-5,7-8,11-12,18,25-26,28H,6,9-10,13-17,19-21H2,1-2H3,(H,31,35)/t25-,26+,28?/m1/s1. The summed E-state index contributed by atoms with van der Waals surface area (Å²) in [6.07, 6.45) is 5.99. The van der Waals surface area contributed by atoms with E-state index in [1.54, 1.807) is 0 Å². The molecule has 0 saturated carbocycles. The first kappa shape index (κ1) is 25.0. The number of anilines is 1. The van der Waals surface area contributed by atoms with E-state index in [-0.39, 0.29) is 23.7 Å². The largest absolute Gasteiger partial charge is 0.341 e. The van der Waals surface area contributed by atoms with Crippen LogP contribution in [0.5, 0.6) is 0 Å². The number of likely N-dealkylation sites (N-methyl/N-ethyl adjacent to an activating group) is 1. The lowest BCUT2D eigenvalue weighted by Gasteiger charge is -2.38. The molecular formula is C30H40N4O2. The number of likely N-dealkylation sites (tertiary alicyclic amines) is 2. The number of amides is 2. The van der Waals surface area contributed by atoms with Gasteiger partial charge in [0.1, 0.15) is 0 Å². The van der Waals surface area contributed by atoms with Crippen molar-refractivity contribution in [1.29, 1.82) is 0 Å². The summed E-state index contributed by atoms with van der Waals surface area (Å²) in [4.78, 5) is 33.6. The minimum atomic E-state index is -0.191. The molecule has 0 radical (unpaired) electrons. The van der Waals surface area contributed by atoms with Gasteiger partial charge in [-0.1, -0.05) is 36.4 Å². The van der Waals surface area contributed by atoms with Gasteiger partial charge in [-0.25, -0.2) is 0 Å². The van der Waals surface area contributed by atoms with Gasteiger partial charge in [0.15, 0.2) is 0 Å². The van der Waals surface area contributed by atoms with Gasteiger partial charge >= 0.3 is 0 Å². The van der Waals surface area contributed by atoms with Crippen LogP contribution in [0.4, 0.5) is 5.69 Å². The number of rotatable bonds is 7. The number of piperidine rings is 1. The van der Waals surface area contributed by atoms with Crippen LogP contribution in [0.15, 0.2) is 48.5 Å². The van der Waals surface area contributed by atoms with Crippen molar-refractivity contribution in [3.8, 4) is 0 Å². The Morgan fingerprint density at radius 1 is 0.972 bits per heavy atom. The molecule has 1 N–H and O–H groups in total. The molecule has 1 aliphatic carbocycles. The van der Waals surface area contributed by atoms with Crippen molar-refractivity contribution in [2.24, 2.45) is 11.8 Å². The lowest BCUT2D eigenvalue weighted by Crippen LogP contribution is -2.50. The highest BCUT2D eigenvalue weighted by atomic mass is 16.2. The third-order valence-corrected chi connectivity index (χ3v) is 8.38. The zero-order valence-corrected chi connectivity index (χ0v) is 21.8. The first-order valence-corrected chi connectivity index (χ1v) is 13.6. The Morgan fingerprint density at radius 2 is 1.75 bits per heavy atom. The van der Waals surface area contributed by atoms with Gasteiger partial charge in [0, 0.05) is 44.5 Å². The summed E-state index contributed by atoms with van der Waals surface area (Å²) in [6, 6.07) is 17.2. The molecule has 2 fully saturated rings. The smallest absolute Gasteiger partial charge is 0.228 e. The second kappa shape index (κ2) is 11.1. The van der Waals surface area contributed by atoms with Crippen molar-refractivity contribution in [3.63, 3.8) is 0 Å². The predicted molar refractivity (Wildman–Crippen MR) is 144 cm³/mol. The third-order valence-electron chi connectivity index (χ3n) is 8.38. The number of nitrogens with one attached hydrogen (secondary N) is 1. The minimum absolute atomic E-state index is 0.0442. The maximum absolute atomic E-state index is 13.6. The van der Waals surface area contributed by atoms with Crippen molar-refractivity contribution in [2.45, 2.75) is 44.6 Å². The van der Waals surface area contributed by atoms with Crippen molar-refractivity contribution < 1.29 is 9.59 Å². The normalized spacial score (nSPS) is 24.2. The number of carbonyl (C=O) groups is 2. The fraction of sp³-hybridized carbons (Fsp3) is 0.533. The van der Waals surface area contributed by atoms with Crippen molar-refractivity contribution in [2.75, 3.05) is 52.1 Å².